The highest BCUT2D eigenvalue weighted by Gasteiger charge is 2.32. The number of nitrogens with zero attached hydrogens (tertiary/aromatic N) is 4. The molecule has 2 aromatic carbocycles. The summed E-state index contributed by atoms with van der Waals surface area (Å²) in [7, 11) is 0. The molecule has 4 rings (SSSR count). The zero-order valence-corrected chi connectivity index (χ0v) is 17.9. The van der Waals surface area contributed by atoms with E-state index < -0.39 is 12.0 Å². The first kappa shape index (κ1) is 21.4. The summed E-state index contributed by atoms with van der Waals surface area (Å²) in [4.78, 5) is 19.0. The predicted octanol–water partition coefficient (Wildman–Crippen LogP) is 2.84. The minimum Gasteiger partial charge on any atom is -0.480 e. The first-order valence-electron chi connectivity index (χ1n) is 11.1. The van der Waals surface area contributed by atoms with Crippen molar-refractivity contribution in [2.75, 3.05) is 44.2 Å². The number of rotatable bonds is 6. The highest BCUT2D eigenvalue weighted by atomic mass is 16.4. The normalized spacial score (nSPS) is 19.6. The molecule has 0 aromatic heterocycles. The molecule has 31 heavy (non-hydrogen) atoms. The molecular formula is C25H30N4O2. The molecule has 6 nitrogen and oxygen atoms in total. The summed E-state index contributed by atoms with van der Waals surface area (Å²) in [6, 6.07) is 20.0. The Balaban J connectivity index is 1.27. The number of carboxylic acid groups (broad SMARTS) is 1. The van der Waals surface area contributed by atoms with Gasteiger partial charge in [0.25, 0.3) is 0 Å². The number of piperazine rings is 1. The molecule has 2 aliphatic heterocycles. The maximum Gasteiger partial charge on any atom is 0.321 e. The Labute approximate surface area is 184 Å². The topological polar surface area (TPSA) is 70.8 Å². The van der Waals surface area contributed by atoms with Gasteiger partial charge in [-0.25, -0.2) is 0 Å². The Hall–Kier alpha value is -2.88. The second-order valence-electron chi connectivity index (χ2n) is 8.49. The van der Waals surface area contributed by atoms with Crippen molar-refractivity contribution in [3.05, 3.63) is 65.7 Å². The minimum atomic E-state index is -0.724. The Kier molecular flexibility index (Phi) is 6.86. The van der Waals surface area contributed by atoms with Crippen molar-refractivity contribution >= 4 is 11.7 Å². The largest absolute Gasteiger partial charge is 0.480 e. The fourth-order valence-corrected chi connectivity index (χ4v) is 4.86. The highest BCUT2D eigenvalue weighted by Crippen LogP contribution is 2.23. The maximum atomic E-state index is 11.9. The Morgan fingerprint density at radius 3 is 2.19 bits per heavy atom. The van der Waals surface area contributed by atoms with Gasteiger partial charge in [-0.1, -0.05) is 30.3 Å². The van der Waals surface area contributed by atoms with Crippen LogP contribution in [-0.2, 0) is 11.2 Å². The number of aliphatic carboxylic acids is 1. The summed E-state index contributed by atoms with van der Waals surface area (Å²) in [6.07, 6.45) is 2.61. The standard InChI is InChI=1S/C25H30N4O2/c26-19-21-6-8-22(9-7-21)27-14-16-28(17-15-27)23-10-12-29(13-11-23)24(25(30)31)18-20-4-2-1-3-5-20/h1-9,23-24H,10-18H2,(H,30,31). The first-order valence-corrected chi connectivity index (χ1v) is 11.1. The lowest BCUT2D eigenvalue weighted by molar-refractivity contribution is -0.144. The van der Waals surface area contributed by atoms with Gasteiger partial charge in [0.2, 0.25) is 0 Å². The molecule has 0 amide bonds. The highest BCUT2D eigenvalue weighted by molar-refractivity contribution is 5.74. The van der Waals surface area contributed by atoms with Crippen LogP contribution in [0.15, 0.2) is 54.6 Å². The minimum absolute atomic E-state index is 0.448. The van der Waals surface area contributed by atoms with Gasteiger partial charge >= 0.3 is 5.97 Å². The smallest absolute Gasteiger partial charge is 0.321 e. The van der Waals surface area contributed by atoms with Crippen molar-refractivity contribution < 1.29 is 9.90 Å². The van der Waals surface area contributed by atoms with Gasteiger partial charge in [0, 0.05) is 51.0 Å². The molecule has 0 bridgehead atoms. The quantitative estimate of drug-likeness (QED) is 0.778. The lowest BCUT2D eigenvalue weighted by Gasteiger charge is -2.44. The molecule has 2 fully saturated rings. The van der Waals surface area contributed by atoms with E-state index in [2.05, 4.69) is 20.8 Å². The van der Waals surface area contributed by atoms with Crippen LogP contribution in [0.5, 0.6) is 0 Å². The number of carbonyl (C=O) groups is 1. The van der Waals surface area contributed by atoms with Crippen LogP contribution in [0.1, 0.15) is 24.0 Å². The van der Waals surface area contributed by atoms with Gasteiger partial charge in [0.15, 0.2) is 0 Å². The van der Waals surface area contributed by atoms with Gasteiger partial charge in [-0.2, -0.15) is 5.26 Å². The van der Waals surface area contributed by atoms with E-state index in [1.54, 1.807) is 0 Å². The molecule has 0 spiro atoms. The van der Waals surface area contributed by atoms with E-state index in [0.29, 0.717) is 18.0 Å². The van der Waals surface area contributed by atoms with Crippen molar-refractivity contribution in [3.8, 4) is 6.07 Å². The van der Waals surface area contributed by atoms with Crippen molar-refractivity contribution in [2.24, 2.45) is 0 Å². The lowest BCUT2D eigenvalue weighted by atomic mass is 9.98. The zero-order chi connectivity index (χ0) is 21.6. The summed E-state index contributed by atoms with van der Waals surface area (Å²) >= 11 is 0. The third-order valence-electron chi connectivity index (χ3n) is 6.69. The van der Waals surface area contributed by atoms with Crippen LogP contribution < -0.4 is 4.90 Å². The van der Waals surface area contributed by atoms with Crippen LogP contribution in [0.2, 0.25) is 0 Å². The van der Waals surface area contributed by atoms with Crippen LogP contribution in [-0.4, -0.2) is 72.2 Å². The molecule has 162 valence electrons. The fourth-order valence-electron chi connectivity index (χ4n) is 4.86. The number of hydrogen-bond donors (Lipinski definition) is 1. The Bertz CT molecular complexity index is 893. The van der Waals surface area contributed by atoms with E-state index in [9.17, 15) is 9.90 Å². The monoisotopic (exact) mass is 418 g/mol. The van der Waals surface area contributed by atoms with Gasteiger partial charge in [-0.15, -0.1) is 0 Å². The van der Waals surface area contributed by atoms with E-state index in [1.165, 1.54) is 5.69 Å². The van der Waals surface area contributed by atoms with Crippen molar-refractivity contribution in [1.29, 1.82) is 5.26 Å². The molecule has 2 aromatic rings. The number of nitriles is 1. The molecule has 1 N–H and O–H groups in total. The third kappa shape index (κ3) is 5.25. The lowest BCUT2D eigenvalue weighted by Crippen LogP contribution is -2.55. The molecule has 1 atom stereocenters. The van der Waals surface area contributed by atoms with Gasteiger partial charge in [-0.3, -0.25) is 14.6 Å². The van der Waals surface area contributed by atoms with E-state index in [4.69, 9.17) is 5.26 Å². The first-order chi connectivity index (χ1) is 15.1. The molecule has 0 radical (unpaired) electrons. The van der Waals surface area contributed by atoms with Gasteiger partial charge in [0.1, 0.15) is 6.04 Å². The zero-order valence-electron chi connectivity index (χ0n) is 17.9. The average Bonchev–Trinajstić information content (AvgIpc) is 2.83. The molecule has 0 aliphatic carbocycles. The van der Waals surface area contributed by atoms with E-state index in [1.807, 2.05) is 54.6 Å². The van der Waals surface area contributed by atoms with E-state index in [0.717, 1.165) is 57.7 Å². The number of benzene rings is 2. The van der Waals surface area contributed by atoms with Crippen LogP contribution in [0.3, 0.4) is 0 Å². The van der Waals surface area contributed by atoms with Gasteiger partial charge in [-0.05, 0) is 49.1 Å². The predicted molar refractivity (Wildman–Crippen MR) is 121 cm³/mol. The fraction of sp³-hybridized carbons (Fsp3) is 0.440. The SMILES string of the molecule is N#Cc1ccc(N2CCN(C3CCN(C(Cc4ccccc4)C(=O)O)CC3)CC2)cc1. The Morgan fingerprint density at radius 1 is 0.968 bits per heavy atom. The number of anilines is 1. The summed E-state index contributed by atoms with van der Waals surface area (Å²) in [6.45, 7) is 5.69. The molecule has 1 unspecified atom stereocenters. The second kappa shape index (κ2) is 9.95. The molecule has 2 heterocycles. The van der Waals surface area contributed by atoms with Crippen molar-refractivity contribution in [3.63, 3.8) is 0 Å². The second-order valence-corrected chi connectivity index (χ2v) is 8.49. The van der Waals surface area contributed by atoms with E-state index in [-0.39, 0.29) is 0 Å². The average molecular weight is 419 g/mol. The summed E-state index contributed by atoms with van der Waals surface area (Å²) < 4.78 is 0. The number of piperidine rings is 1. The number of carboxylic acids is 1. The molecule has 6 heteroatoms. The summed E-state index contributed by atoms with van der Waals surface area (Å²) in [5, 5.41) is 18.8. The van der Waals surface area contributed by atoms with Gasteiger partial charge < -0.3 is 10.0 Å². The van der Waals surface area contributed by atoms with E-state index >= 15 is 0 Å². The summed E-state index contributed by atoms with van der Waals surface area (Å²) in [5.41, 5.74) is 2.95. The number of likely N-dealkylation sites (tertiary alicyclic amines) is 1. The van der Waals surface area contributed by atoms with Crippen LogP contribution in [0.25, 0.3) is 0 Å². The van der Waals surface area contributed by atoms with Crippen molar-refractivity contribution in [1.82, 2.24) is 9.80 Å². The number of hydrogen-bond acceptors (Lipinski definition) is 5. The van der Waals surface area contributed by atoms with Gasteiger partial charge in [0.05, 0.1) is 11.6 Å². The molecular weight excluding hydrogens is 388 g/mol. The van der Waals surface area contributed by atoms with Crippen LogP contribution in [0, 0.1) is 11.3 Å². The third-order valence-corrected chi connectivity index (χ3v) is 6.69. The van der Waals surface area contributed by atoms with Crippen LogP contribution >= 0.6 is 0 Å². The Morgan fingerprint density at radius 2 is 1.61 bits per heavy atom. The van der Waals surface area contributed by atoms with Crippen LogP contribution in [0.4, 0.5) is 5.69 Å². The molecule has 0 saturated carbocycles. The molecule has 2 saturated heterocycles. The maximum absolute atomic E-state index is 11.9. The van der Waals surface area contributed by atoms with Crippen molar-refractivity contribution in [2.45, 2.75) is 31.3 Å². The molecule has 2 aliphatic rings. The summed E-state index contributed by atoms with van der Waals surface area (Å²) in [5.74, 6) is -0.724.